The molecule has 0 amide bonds. The molecule has 0 spiro atoms. The Bertz CT molecular complexity index is 682. The third-order valence-corrected chi connectivity index (χ3v) is 4.46. The van der Waals surface area contributed by atoms with E-state index in [0.29, 0.717) is 0 Å². The van der Waals surface area contributed by atoms with Crippen molar-refractivity contribution in [3.8, 4) is 0 Å². The number of benzene rings is 1. The number of hydrogen-bond acceptors (Lipinski definition) is 5. The minimum Gasteiger partial charge on any atom is -0.398 e. The highest BCUT2D eigenvalue weighted by Gasteiger charge is 2.16. The minimum atomic E-state index is -3.54. The molecule has 0 fully saturated rings. The highest BCUT2D eigenvalue weighted by molar-refractivity contribution is 7.89. The molecule has 1 aromatic heterocycles. The SMILES string of the molecule is CNS(=O)(=O)c1ccc(NC(C)c2cn[nH]c2)cc1N. The molecule has 0 aliphatic heterocycles. The number of rotatable bonds is 5. The van der Waals surface area contributed by atoms with Gasteiger partial charge in [0.25, 0.3) is 0 Å². The van der Waals surface area contributed by atoms with E-state index in [9.17, 15) is 8.42 Å². The number of aromatic nitrogens is 2. The minimum absolute atomic E-state index is 0.0277. The Morgan fingerprint density at radius 1 is 1.40 bits per heavy atom. The molecule has 2 rings (SSSR count). The van der Waals surface area contributed by atoms with Crippen molar-refractivity contribution in [1.29, 1.82) is 0 Å². The lowest BCUT2D eigenvalue weighted by Gasteiger charge is -2.15. The van der Waals surface area contributed by atoms with Crippen LogP contribution in [0.1, 0.15) is 18.5 Å². The van der Waals surface area contributed by atoms with Gasteiger partial charge in [-0.1, -0.05) is 0 Å². The second-order valence-corrected chi connectivity index (χ2v) is 6.21. The third-order valence-electron chi connectivity index (χ3n) is 2.97. The lowest BCUT2D eigenvalue weighted by atomic mass is 10.2. The molecule has 5 N–H and O–H groups in total. The van der Waals surface area contributed by atoms with E-state index in [1.807, 2.05) is 6.92 Å². The van der Waals surface area contributed by atoms with E-state index >= 15 is 0 Å². The number of nitrogens with zero attached hydrogens (tertiary/aromatic N) is 1. The van der Waals surface area contributed by atoms with Crippen LogP contribution in [0.4, 0.5) is 11.4 Å². The zero-order chi connectivity index (χ0) is 14.8. The van der Waals surface area contributed by atoms with Gasteiger partial charge in [0.1, 0.15) is 4.90 Å². The third kappa shape index (κ3) is 2.91. The lowest BCUT2D eigenvalue weighted by Crippen LogP contribution is -2.20. The van der Waals surface area contributed by atoms with Gasteiger partial charge in [0.2, 0.25) is 10.0 Å². The number of anilines is 2. The van der Waals surface area contributed by atoms with Crippen molar-refractivity contribution in [3.63, 3.8) is 0 Å². The summed E-state index contributed by atoms with van der Waals surface area (Å²) in [4.78, 5) is 0.0708. The van der Waals surface area contributed by atoms with Gasteiger partial charge in [-0.15, -0.1) is 0 Å². The molecule has 0 radical (unpaired) electrons. The topological polar surface area (TPSA) is 113 Å². The fraction of sp³-hybridized carbons (Fsp3) is 0.250. The number of hydrogen-bond donors (Lipinski definition) is 4. The van der Waals surface area contributed by atoms with E-state index in [1.54, 1.807) is 24.5 Å². The predicted octanol–water partition coefficient (Wildman–Crippen LogP) is 1.07. The lowest BCUT2D eigenvalue weighted by molar-refractivity contribution is 0.588. The van der Waals surface area contributed by atoms with Gasteiger partial charge in [-0.05, 0) is 32.2 Å². The van der Waals surface area contributed by atoms with Crippen LogP contribution in [0.25, 0.3) is 0 Å². The Morgan fingerprint density at radius 3 is 2.70 bits per heavy atom. The molecule has 0 saturated heterocycles. The standard InChI is InChI=1S/C12H17N5O2S/c1-8(9-6-15-16-7-9)17-10-3-4-12(11(13)5-10)20(18,19)14-2/h3-8,14,17H,13H2,1-2H3,(H,15,16). The highest BCUT2D eigenvalue weighted by Crippen LogP contribution is 2.25. The summed E-state index contributed by atoms with van der Waals surface area (Å²) in [6, 6.07) is 4.78. The molecule has 0 saturated carbocycles. The van der Waals surface area contributed by atoms with E-state index in [4.69, 9.17) is 5.73 Å². The van der Waals surface area contributed by atoms with Crippen LogP contribution in [0.5, 0.6) is 0 Å². The monoisotopic (exact) mass is 295 g/mol. The van der Waals surface area contributed by atoms with Crippen LogP contribution >= 0.6 is 0 Å². The van der Waals surface area contributed by atoms with Gasteiger partial charge in [-0.25, -0.2) is 13.1 Å². The molecule has 1 aromatic carbocycles. The molecule has 7 nitrogen and oxygen atoms in total. The molecular weight excluding hydrogens is 278 g/mol. The van der Waals surface area contributed by atoms with Gasteiger partial charge < -0.3 is 11.1 Å². The van der Waals surface area contributed by atoms with Gasteiger partial charge >= 0.3 is 0 Å². The zero-order valence-electron chi connectivity index (χ0n) is 11.2. The number of nitrogens with two attached hydrogens (primary N) is 1. The summed E-state index contributed by atoms with van der Waals surface area (Å²) < 4.78 is 25.7. The van der Waals surface area contributed by atoms with Crippen molar-refractivity contribution in [2.45, 2.75) is 17.9 Å². The molecule has 8 heteroatoms. The summed E-state index contributed by atoms with van der Waals surface area (Å²) >= 11 is 0. The molecule has 1 unspecified atom stereocenters. The Balaban J connectivity index is 2.22. The summed E-state index contributed by atoms with van der Waals surface area (Å²) in [7, 11) is -2.19. The molecule has 0 aliphatic carbocycles. The Morgan fingerprint density at radius 2 is 2.15 bits per heavy atom. The normalized spacial score (nSPS) is 13.1. The smallest absolute Gasteiger partial charge is 0.242 e. The van der Waals surface area contributed by atoms with Crippen LogP contribution < -0.4 is 15.8 Å². The maximum atomic E-state index is 11.7. The number of nitrogens with one attached hydrogen (secondary N) is 3. The molecule has 0 bridgehead atoms. The van der Waals surface area contributed by atoms with Crippen LogP contribution in [-0.2, 0) is 10.0 Å². The number of H-pyrrole nitrogens is 1. The fourth-order valence-electron chi connectivity index (χ4n) is 1.82. The highest BCUT2D eigenvalue weighted by atomic mass is 32.2. The second-order valence-electron chi connectivity index (χ2n) is 4.36. The first-order valence-electron chi connectivity index (χ1n) is 6.02. The fourth-order valence-corrected chi connectivity index (χ4v) is 2.66. The first-order valence-corrected chi connectivity index (χ1v) is 7.50. The van der Waals surface area contributed by atoms with Crippen LogP contribution in [0.15, 0.2) is 35.5 Å². The summed E-state index contributed by atoms with van der Waals surface area (Å²) in [6.45, 7) is 1.97. The van der Waals surface area contributed by atoms with Crippen molar-refractivity contribution in [2.75, 3.05) is 18.1 Å². The zero-order valence-corrected chi connectivity index (χ0v) is 12.0. The number of aromatic amines is 1. The van der Waals surface area contributed by atoms with Gasteiger partial charge in [0.15, 0.2) is 0 Å². The van der Waals surface area contributed by atoms with E-state index < -0.39 is 10.0 Å². The Labute approximate surface area is 117 Å². The predicted molar refractivity (Wildman–Crippen MR) is 77.7 cm³/mol. The molecule has 20 heavy (non-hydrogen) atoms. The van der Waals surface area contributed by atoms with E-state index in [-0.39, 0.29) is 16.6 Å². The summed E-state index contributed by atoms with van der Waals surface area (Å²) in [6.07, 6.45) is 3.52. The first kappa shape index (κ1) is 14.4. The van der Waals surface area contributed by atoms with Crippen LogP contribution in [-0.4, -0.2) is 25.7 Å². The van der Waals surface area contributed by atoms with Gasteiger partial charge in [-0.2, -0.15) is 5.10 Å². The van der Waals surface area contributed by atoms with Crippen molar-refractivity contribution in [2.24, 2.45) is 0 Å². The van der Waals surface area contributed by atoms with Crippen molar-refractivity contribution in [3.05, 3.63) is 36.2 Å². The van der Waals surface area contributed by atoms with Gasteiger partial charge in [-0.3, -0.25) is 5.10 Å². The second kappa shape index (κ2) is 5.51. The van der Waals surface area contributed by atoms with Crippen LogP contribution in [0.3, 0.4) is 0 Å². The Hall–Kier alpha value is -2.06. The Kier molecular flexibility index (Phi) is 3.96. The van der Waals surface area contributed by atoms with E-state index in [0.717, 1.165) is 11.3 Å². The molecule has 1 atom stereocenters. The molecule has 2 aromatic rings. The molecule has 108 valence electrons. The average molecular weight is 295 g/mol. The van der Waals surface area contributed by atoms with Gasteiger partial charge in [0, 0.05) is 17.4 Å². The molecular formula is C12H17N5O2S. The maximum absolute atomic E-state index is 11.7. The van der Waals surface area contributed by atoms with Gasteiger partial charge in [0.05, 0.1) is 17.9 Å². The maximum Gasteiger partial charge on any atom is 0.242 e. The quantitative estimate of drug-likeness (QED) is 0.616. The van der Waals surface area contributed by atoms with Crippen LogP contribution in [0, 0.1) is 0 Å². The van der Waals surface area contributed by atoms with Crippen LogP contribution in [0.2, 0.25) is 0 Å². The van der Waals surface area contributed by atoms with Crippen molar-refractivity contribution in [1.82, 2.24) is 14.9 Å². The molecule has 1 heterocycles. The molecule has 0 aliphatic rings. The summed E-state index contributed by atoms with van der Waals surface area (Å²) in [5.41, 5.74) is 7.74. The van der Waals surface area contributed by atoms with E-state index in [1.165, 1.54) is 13.1 Å². The number of nitrogen functional groups attached to an aromatic ring is 1. The van der Waals surface area contributed by atoms with Crippen molar-refractivity contribution < 1.29 is 8.42 Å². The number of sulfonamides is 1. The average Bonchev–Trinajstić information content (AvgIpc) is 2.92. The van der Waals surface area contributed by atoms with Crippen molar-refractivity contribution >= 4 is 21.4 Å². The first-order chi connectivity index (χ1) is 9.44. The van der Waals surface area contributed by atoms with E-state index in [2.05, 4.69) is 20.2 Å². The summed E-state index contributed by atoms with van der Waals surface area (Å²) in [5, 5.41) is 9.85. The largest absolute Gasteiger partial charge is 0.398 e. The summed E-state index contributed by atoms with van der Waals surface area (Å²) in [5.74, 6) is 0.